The number of Topliss-reactive ketones (excluding diaryl/α,β-unsaturated/α-hetero) is 1. The van der Waals surface area contributed by atoms with Crippen molar-refractivity contribution in [2.75, 3.05) is 6.61 Å². The zero-order valence-corrected chi connectivity index (χ0v) is 12.8. The number of rotatable bonds is 5. The minimum atomic E-state index is -4.45. The van der Waals surface area contributed by atoms with Crippen LogP contribution in [0.1, 0.15) is 20.3 Å². The smallest absolute Gasteiger partial charge is 0.412 e. The first-order valence-electron chi connectivity index (χ1n) is 7.21. The van der Waals surface area contributed by atoms with E-state index < -0.39 is 24.1 Å². The second-order valence-electron chi connectivity index (χ2n) is 5.11. The lowest BCUT2D eigenvalue weighted by Gasteiger charge is -2.24. The molecule has 0 spiro atoms. The van der Waals surface area contributed by atoms with Gasteiger partial charge in [0, 0.05) is 5.57 Å². The summed E-state index contributed by atoms with van der Waals surface area (Å²) in [4.78, 5) is 11.7. The maximum Gasteiger partial charge on any atom is 0.412 e. The van der Waals surface area contributed by atoms with E-state index in [9.17, 15) is 18.0 Å². The standard InChI is InChI=1S/C17H17F3O3/c1-3-22-15-6-4-5-7-16(15)23-14-9-8-12(17(18,19)20)10-13(14)11(2)21/h4-9,13H,3,10H2,1-2H3. The Morgan fingerprint density at radius 1 is 1.22 bits per heavy atom. The van der Waals surface area contributed by atoms with Crippen LogP contribution in [-0.4, -0.2) is 18.6 Å². The van der Waals surface area contributed by atoms with Crippen molar-refractivity contribution in [1.82, 2.24) is 0 Å². The number of benzene rings is 1. The highest BCUT2D eigenvalue weighted by atomic mass is 19.4. The zero-order chi connectivity index (χ0) is 17.0. The summed E-state index contributed by atoms with van der Waals surface area (Å²) in [6.07, 6.45) is -2.69. The normalized spacial score (nSPS) is 18.0. The molecule has 0 N–H and O–H groups in total. The zero-order valence-electron chi connectivity index (χ0n) is 12.8. The Balaban J connectivity index is 2.31. The van der Waals surface area contributed by atoms with Crippen LogP contribution in [0, 0.1) is 5.92 Å². The third-order valence-electron chi connectivity index (χ3n) is 3.45. The molecule has 1 aromatic carbocycles. The van der Waals surface area contributed by atoms with E-state index in [4.69, 9.17) is 9.47 Å². The van der Waals surface area contributed by atoms with E-state index in [2.05, 4.69) is 0 Å². The highest BCUT2D eigenvalue weighted by Crippen LogP contribution is 2.38. The third kappa shape index (κ3) is 4.15. The molecule has 1 aliphatic carbocycles. The molecule has 0 fully saturated rings. The van der Waals surface area contributed by atoms with Gasteiger partial charge in [-0.3, -0.25) is 4.79 Å². The van der Waals surface area contributed by atoms with Crippen molar-refractivity contribution < 1.29 is 27.4 Å². The summed E-state index contributed by atoms with van der Waals surface area (Å²) in [5, 5.41) is 0. The first-order chi connectivity index (χ1) is 10.8. The predicted octanol–water partition coefficient (Wildman–Crippen LogP) is 4.45. The van der Waals surface area contributed by atoms with Crippen LogP contribution in [0.3, 0.4) is 0 Å². The quantitative estimate of drug-likeness (QED) is 0.802. The molecule has 0 amide bonds. The van der Waals surface area contributed by atoms with Gasteiger partial charge in [-0.1, -0.05) is 18.2 Å². The lowest BCUT2D eigenvalue weighted by Crippen LogP contribution is -2.25. The summed E-state index contributed by atoms with van der Waals surface area (Å²) in [7, 11) is 0. The minimum Gasteiger partial charge on any atom is -0.490 e. The molecule has 0 aliphatic heterocycles. The summed E-state index contributed by atoms with van der Waals surface area (Å²) in [6.45, 7) is 3.50. The summed E-state index contributed by atoms with van der Waals surface area (Å²) < 4.78 is 49.6. The largest absolute Gasteiger partial charge is 0.490 e. The Hall–Kier alpha value is -2.24. The van der Waals surface area contributed by atoms with Crippen molar-refractivity contribution in [2.24, 2.45) is 5.92 Å². The topological polar surface area (TPSA) is 35.5 Å². The SMILES string of the molecule is CCOc1ccccc1OC1=CC=C(C(F)(F)F)CC1C(C)=O. The number of ether oxygens (including phenoxy) is 2. The van der Waals surface area contributed by atoms with Crippen molar-refractivity contribution >= 4 is 5.78 Å². The maximum absolute atomic E-state index is 12.8. The maximum atomic E-state index is 12.8. The third-order valence-corrected chi connectivity index (χ3v) is 3.45. The lowest BCUT2D eigenvalue weighted by atomic mass is 9.89. The highest BCUT2D eigenvalue weighted by Gasteiger charge is 2.38. The molecule has 0 heterocycles. The van der Waals surface area contributed by atoms with Gasteiger partial charge in [-0.15, -0.1) is 0 Å². The van der Waals surface area contributed by atoms with E-state index in [1.807, 2.05) is 6.92 Å². The van der Waals surface area contributed by atoms with E-state index in [0.717, 1.165) is 6.08 Å². The summed E-state index contributed by atoms with van der Waals surface area (Å²) in [5.41, 5.74) is -0.733. The Morgan fingerprint density at radius 2 is 1.87 bits per heavy atom. The van der Waals surface area contributed by atoms with Crippen molar-refractivity contribution in [3.8, 4) is 11.5 Å². The van der Waals surface area contributed by atoms with Crippen LogP contribution in [-0.2, 0) is 4.79 Å². The first kappa shape index (κ1) is 17.1. The van der Waals surface area contributed by atoms with Gasteiger partial charge in [0.2, 0.25) is 0 Å². The van der Waals surface area contributed by atoms with Crippen LogP contribution >= 0.6 is 0 Å². The highest BCUT2D eigenvalue weighted by molar-refractivity contribution is 5.81. The number of hydrogen-bond donors (Lipinski definition) is 0. The number of para-hydroxylation sites is 2. The fourth-order valence-electron chi connectivity index (χ4n) is 2.28. The molecule has 0 radical (unpaired) electrons. The molecular formula is C17H17F3O3. The van der Waals surface area contributed by atoms with Crippen LogP contribution in [0.5, 0.6) is 11.5 Å². The van der Waals surface area contributed by atoms with Crippen molar-refractivity contribution in [3.05, 3.63) is 47.7 Å². The van der Waals surface area contributed by atoms with Crippen LogP contribution in [0.2, 0.25) is 0 Å². The molecule has 23 heavy (non-hydrogen) atoms. The lowest BCUT2D eigenvalue weighted by molar-refractivity contribution is -0.121. The molecular weight excluding hydrogens is 309 g/mol. The number of alkyl halides is 3. The summed E-state index contributed by atoms with van der Waals surface area (Å²) in [5.74, 6) is -0.288. The van der Waals surface area contributed by atoms with E-state index in [1.165, 1.54) is 13.0 Å². The predicted molar refractivity (Wildman–Crippen MR) is 79.2 cm³/mol. The van der Waals surface area contributed by atoms with Gasteiger partial charge in [0.05, 0.1) is 12.5 Å². The fraction of sp³-hybridized carbons (Fsp3) is 0.353. The van der Waals surface area contributed by atoms with Crippen LogP contribution in [0.15, 0.2) is 47.7 Å². The Labute approximate surface area is 132 Å². The van der Waals surface area contributed by atoms with E-state index in [1.54, 1.807) is 24.3 Å². The molecule has 0 saturated heterocycles. The van der Waals surface area contributed by atoms with Gasteiger partial charge in [-0.25, -0.2) is 0 Å². The van der Waals surface area contributed by atoms with Gasteiger partial charge in [0.25, 0.3) is 0 Å². The second kappa shape index (κ2) is 6.89. The number of carbonyl (C=O) groups is 1. The average molecular weight is 326 g/mol. The van der Waals surface area contributed by atoms with Gasteiger partial charge < -0.3 is 9.47 Å². The van der Waals surface area contributed by atoms with E-state index in [0.29, 0.717) is 18.1 Å². The van der Waals surface area contributed by atoms with Crippen molar-refractivity contribution in [3.63, 3.8) is 0 Å². The number of hydrogen-bond acceptors (Lipinski definition) is 3. The fourth-order valence-corrected chi connectivity index (χ4v) is 2.28. The molecule has 1 atom stereocenters. The van der Waals surface area contributed by atoms with Gasteiger partial charge >= 0.3 is 6.18 Å². The molecule has 0 aromatic heterocycles. The number of carbonyl (C=O) groups excluding carboxylic acids is 1. The molecule has 0 bridgehead atoms. The van der Waals surface area contributed by atoms with Crippen molar-refractivity contribution in [1.29, 1.82) is 0 Å². The monoisotopic (exact) mass is 326 g/mol. The molecule has 1 unspecified atom stereocenters. The molecule has 1 aromatic rings. The Kier molecular flexibility index (Phi) is 5.13. The number of halogens is 3. The molecule has 1 aliphatic rings. The van der Waals surface area contributed by atoms with Crippen LogP contribution in [0.25, 0.3) is 0 Å². The van der Waals surface area contributed by atoms with E-state index in [-0.39, 0.29) is 11.5 Å². The van der Waals surface area contributed by atoms with Gasteiger partial charge in [0.15, 0.2) is 11.5 Å². The molecule has 0 saturated carbocycles. The number of allylic oxidation sites excluding steroid dienone is 4. The molecule has 3 nitrogen and oxygen atoms in total. The van der Waals surface area contributed by atoms with Crippen LogP contribution < -0.4 is 9.47 Å². The van der Waals surface area contributed by atoms with E-state index >= 15 is 0 Å². The first-order valence-corrected chi connectivity index (χ1v) is 7.21. The van der Waals surface area contributed by atoms with Gasteiger partial charge in [-0.2, -0.15) is 13.2 Å². The van der Waals surface area contributed by atoms with Gasteiger partial charge in [0.1, 0.15) is 11.5 Å². The van der Waals surface area contributed by atoms with Crippen LogP contribution in [0.4, 0.5) is 13.2 Å². The average Bonchev–Trinajstić information content (AvgIpc) is 2.48. The minimum absolute atomic E-state index is 0.192. The molecule has 6 heteroatoms. The Morgan fingerprint density at radius 3 is 2.43 bits per heavy atom. The van der Waals surface area contributed by atoms with Crippen molar-refractivity contribution in [2.45, 2.75) is 26.4 Å². The molecule has 124 valence electrons. The second-order valence-corrected chi connectivity index (χ2v) is 5.11. The number of ketones is 1. The Bertz CT molecular complexity index is 645. The summed E-state index contributed by atoms with van der Waals surface area (Å²) >= 11 is 0. The summed E-state index contributed by atoms with van der Waals surface area (Å²) in [6, 6.07) is 6.83. The molecule has 2 rings (SSSR count). The van der Waals surface area contributed by atoms with Gasteiger partial charge in [-0.05, 0) is 38.5 Å².